The van der Waals surface area contributed by atoms with E-state index in [-0.39, 0.29) is 17.9 Å². The molecule has 0 bridgehead atoms. The lowest BCUT2D eigenvalue weighted by Gasteiger charge is -2.21. The van der Waals surface area contributed by atoms with E-state index < -0.39 is 35.6 Å². The molecule has 2 rings (SSSR count). The largest absolute Gasteiger partial charge is 0.480 e. The number of hydrogen-bond donors (Lipinski definition) is 5. The summed E-state index contributed by atoms with van der Waals surface area (Å²) in [5, 5.41) is 31.4. The third kappa shape index (κ3) is 4.43. The molecule has 0 aromatic carbocycles. The van der Waals surface area contributed by atoms with Crippen LogP contribution in [0.5, 0.6) is 0 Å². The molecule has 2 atom stereocenters. The van der Waals surface area contributed by atoms with Crippen LogP contribution in [0.25, 0.3) is 0 Å². The Morgan fingerprint density at radius 1 is 1.32 bits per heavy atom. The molecule has 0 saturated carbocycles. The number of nitrogens with zero attached hydrogens (tertiary/aromatic N) is 1. The van der Waals surface area contributed by atoms with Gasteiger partial charge in [0.1, 0.15) is 11.7 Å². The van der Waals surface area contributed by atoms with E-state index in [9.17, 15) is 19.2 Å². The van der Waals surface area contributed by atoms with Crippen molar-refractivity contribution in [1.82, 2.24) is 10.5 Å². The van der Waals surface area contributed by atoms with Crippen molar-refractivity contribution in [1.29, 1.82) is 0 Å². The zero-order valence-corrected chi connectivity index (χ0v) is 12.5. The average Bonchev–Trinajstić information content (AvgIpc) is 2.96. The van der Waals surface area contributed by atoms with Crippen LogP contribution in [0.15, 0.2) is 43.8 Å². The van der Waals surface area contributed by atoms with Crippen LogP contribution in [0, 0.1) is 0 Å². The lowest BCUT2D eigenvalue weighted by Crippen LogP contribution is -2.41. The van der Waals surface area contributed by atoms with Gasteiger partial charge in [0.15, 0.2) is 5.76 Å². The highest BCUT2D eigenvalue weighted by atomic mass is 16.5. The third-order valence-corrected chi connectivity index (χ3v) is 3.20. The Kier molecular flexibility index (Phi) is 5.17. The first kappa shape index (κ1) is 17.7. The van der Waals surface area contributed by atoms with E-state index in [0.29, 0.717) is 5.57 Å². The van der Waals surface area contributed by atoms with Crippen molar-refractivity contribution in [3.63, 3.8) is 0 Å². The fourth-order valence-corrected chi connectivity index (χ4v) is 2.06. The number of aliphatic carboxylic acids is 3. The van der Waals surface area contributed by atoms with Crippen LogP contribution >= 0.6 is 0 Å². The molecule has 1 aliphatic rings. The summed E-state index contributed by atoms with van der Waals surface area (Å²) in [4.78, 5) is 48.0. The van der Waals surface area contributed by atoms with Crippen LogP contribution in [0.2, 0.25) is 0 Å². The highest BCUT2D eigenvalue weighted by Crippen LogP contribution is 2.18. The average molecular weight is 351 g/mol. The number of carbonyl (C=O) groups is 3. The van der Waals surface area contributed by atoms with Crippen LogP contribution in [0.1, 0.15) is 18.2 Å². The van der Waals surface area contributed by atoms with Crippen LogP contribution in [-0.4, -0.2) is 50.6 Å². The van der Waals surface area contributed by atoms with Crippen molar-refractivity contribution in [2.24, 2.45) is 4.99 Å². The number of aliphatic imine (C=N–C) groups is 1. The molecule has 1 aromatic heterocycles. The van der Waals surface area contributed by atoms with Gasteiger partial charge < -0.3 is 25.2 Å². The molecule has 132 valence electrons. The van der Waals surface area contributed by atoms with Gasteiger partial charge in [-0.05, 0) is 17.7 Å². The van der Waals surface area contributed by atoms with Gasteiger partial charge >= 0.3 is 17.9 Å². The second-order valence-electron chi connectivity index (χ2n) is 5.00. The van der Waals surface area contributed by atoms with Gasteiger partial charge in [-0.25, -0.2) is 14.4 Å². The van der Waals surface area contributed by atoms with Gasteiger partial charge in [-0.1, -0.05) is 0 Å². The molecular weight excluding hydrogens is 338 g/mol. The van der Waals surface area contributed by atoms with Crippen molar-refractivity contribution in [2.45, 2.75) is 18.5 Å². The molecule has 5 N–H and O–H groups in total. The number of hydrogen-bond acceptors (Lipinski definition) is 7. The monoisotopic (exact) mass is 351 g/mol. The predicted molar refractivity (Wildman–Crippen MR) is 81.2 cm³/mol. The maximum atomic E-state index is 11.2. The molecule has 1 aromatic rings. The predicted octanol–water partition coefficient (Wildman–Crippen LogP) is -0.494. The molecule has 0 amide bonds. The maximum absolute atomic E-state index is 11.2. The number of aromatic amines is 1. The second kappa shape index (κ2) is 7.29. The summed E-state index contributed by atoms with van der Waals surface area (Å²) >= 11 is 0. The van der Waals surface area contributed by atoms with Crippen molar-refractivity contribution < 1.29 is 34.2 Å². The SMILES string of the molecule is O=C(O)C1=C/C(=C/C=NC(C(=O)O)c2cc(=O)[nH]o2)CC(C(=O)O)N1. The normalized spacial score (nSPS) is 20.1. The highest BCUT2D eigenvalue weighted by Gasteiger charge is 2.26. The summed E-state index contributed by atoms with van der Waals surface area (Å²) in [6, 6.07) is -1.67. The van der Waals surface area contributed by atoms with Gasteiger partial charge in [-0.15, -0.1) is 0 Å². The maximum Gasteiger partial charge on any atom is 0.351 e. The first-order valence-electron chi connectivity index (χ1n) is 6.86. The van der Waals surface area contributed by atoms with E-state index in [2.05, 4.69) is 10.3 Å². The Morgan fingerprint density at radius 2 is 2.04 bits per heavy atom. The number of H-pyrrole nitrogens is 1. The van der Waals surface area contributed by atoms with E-state index in [1.54, 1.807) is 0 Å². The van der Waals surface area contributed by atoms with E-state index in [4.69, 9.17) is 19.8 Å². The number of rotatable bonds is 6. The Labute approximate surface area is 139 Å². The number of aromatic nitrogens is 1. The Hall–Kier alpha value is -3.63. The highest BCUT2D eigenvalue weighted by molar-refractivity contribution is 5.90. The van der Waals surface area contributed by atoms with E-state index in [0.717, 1.165) is 12.3 Å². The fourth-order valence-electron chi connectivity index (χ4n) is 2.06. The molecule has 1 aliphatic heterocycles. The van der Waals surface area contributed by atoms with Gasteiger partial charge in [0, 0.05) is 12.6 Å². The van der Waals surface area contributed by atoms with Crippen LogP contribution in [0.4, 0.5) is 0 Å². The summed E-state index contributed by atoms with van der Waals surface area (Å²) in [5.74, 6) is -4.13. The van der Waals surface area contributed by atoms with Crippen LogP contribution in [0.3, 0.4) is 0 Å². The number of carboxylic acid groups (broad SMARTS) is 3. The lowest BCUT2D eigenvalue weighted by atomic mass is 10.00. The summed E-state index contributed by atoms with van der Waals surface area (Å²) < 4.78 is 4.70. The van der Waals surface area contributed by atoms with E-state index in [1.807, 2.05) is 5.16 Å². The minimum Gasteiger partial charge on any atom is -0.480 e. The van der Waals surface area contributed by atoms with Crippen LogP contribution in [-0.2, 0) is 14.4 Å². The summed E-state index contributed by atoms with van der Waals surface area (Å²) in [6.45, 7) is 0. The topological polar surface area (TPSA) is 182 Å². The number of carboxylic acids is 3. The quantitative estimate of drug-likeness (QED) is 0.422. The molecule has 11 heteroatoms. The zero-order valence-electron chi connectivity index (χ0n) is 12.5. The summed E-state index contributed by atoms with van der Waals surface area (Å²) in [5.41, 5.74) is -0.594. The molecule has 0 fully saturated rings. The number of allylic oxidation sites excluding steroid dienone is 2. The molecule has 0 radical (unpaired) electrons. The molecule has 2 unspecified atom stereocenters. The Morgan fingerprint density at radius 3 is 2.56 bits per heavy atom. The molecular formula is C14H13N3O8. The Balaban J connectivity index is 2.25. The van der Waals surface area contributed by atoms with E-state index >= 15 is 0 Å². The fraction of sp³-hybridized carbons (Fsp3) is 0.214. The summed E-state index contributed by atoms with van der Waals surface area (Å²) in [6.07, 6.45) is 3.58. The minimum absolute atomic E-state index is 0.0187. The van der Waals surface area contributed by atoms with Crippen LogP contribution < -0.4 is 10.9 Å². The van der Waals surface area contributed by atoms with Gasteiger partial charge in [0.25, 0.3) is 5.56 Å². The molecule has 0 spiro atoms. The minimum atomic E-state index is -1.48. The molecule has 0 saturated heterocycles. The van der Waals surface area contributed by atoms with Crippen molar-refractivity contribution >= 4 is 24.1 Å². The molecule has 2 heterocycles. The second-order valence-corrected chi connectivity index (χ2v) is 5.00. The molecule has 11 nitrogen and oxygen atoms in total. The smallest absolute Gasteiger partial charge is 0.351 e. The first-order chi connectivity index (χ1) is 11.8. The molecule has 0 aliphatic carbocycles. The van der Waals surface area contributed by atoms with E-state index in [1.165, 1.54) is 12.2 Å². The van der Waals surface area contributed by atoms with Gasteiger partial charge in [0.05, 0.1) is 6.07 Å². The van der Waals surface area contributed by atoms with Gasteiger partial charge in [-0.3, -0.25) is 9.79 Å². The molecule has 25 heavy (non-hydrogen) atoms. The van der Waals surface area contributed by atoms with Crippen molar-refractivity contribution in [3.05, 3.63) is 45.6 Å². The number of nitrogens with one attached hydrogen (secondary N) is 2. The third-order valence-electron chi connectivity index (χ3n) is 3.20. The van der Waals surface area contributed by atoms with Gasteiger partial charge in [-0.2, -0.15) is 5.16 Å². The van der Waals surface area contributed by atoms with Crippen molar-refractivity contribution in [2.75, 3.05) is 0 Å². The van der Waals surface area contributed by atoms with Gasteiger partial charge in [0.2, 0.25) is 6.04 Å². The zero-order chi connectivity index (χ0) is 18.6. The lowest BCUT2D eigenvalue weighted by molar-refractivity contribution is -0.140. The summed E-state index contributed by atoms with van der Waals surface area (Å²) in [7, 11) is 0. The van der Waals surface area contributed by atoms with Crippen molar-refractivity contribution in [3.8, 4) is 0 Å². The standard InChI is InChI=1S/C14H13N3O8/c18-10-5-9(25-17-10)11(14(23)24)15-2-1-6-3-7(12(19)20)16-8(4-6)13(21)22/h1-3,5,8,11,16H,4H2,(H,17,18)(H,19,20)(H,21,22)(H,23,24)/b6-1-,15-2?. The first-order valence-corrected chi connectivity index (χ1v) is 6.86. The Bertz CT molecular complexity index is 844.